The molecule has 0 aliphatic carbocycles. The van der Waals surface area contributed by atoms with E-state index in [2.05, 4.69) is 46.6 Å². The highest BCUT2D eigenvalue weighted by Gasteiger charge is 2.21. The summed E-state index contributed by atoms with van der Waals surface area (Å²) < 4.78 is 12.9. The van der Waals surface area contributed by atoms with Crippen molar-refractivity contribution in [3.05, 3.63) is 29.6 Å². The molecule has 7 heteroatoms. The first-order valence-electron chi connectivity index (χ1n) is 7.72. The third-order valence-corrected chi connectivity index (χ3v) is 4.67. The molecule has 0 aliphatic rings. The number of fused-ring (bicyclic) bond motifs is 1. The Morgan fingerprint density at radius 1 is 1.12 bits per heavy atom. The van der Waals surface area contributed by atoms with Crippen molar-refractivity contribution < 1.29 is 14.0 Å². The largest absolute Gasteiger partial charge is 0.493 e. The van der Waals surface area contributed by atoms with Crippen LogP contribution in [0.4, 0.5) is 0 Å². The van der Waals surface area contributed by atoms with Crippen molar-refractivity contribution >= 4 is 22.5 Å². The van der Waals surface area contributed by atoms with E-state index in [0.717, 1.165) is 44.8 Å². The number of nitrogens with one attached hydrogen (secondary N) is 1. The molecule has 1 N–H and O–H groups in total. The van der Waals surface area contributed by atoms with E-state index in [1.807, 2.05) is 12.1 Å². The number of rotatable bonds is 5. The number of aromatic nitrogens is 4. The van der Waals surface area contributed by atoms with Gasteiger partial charge in [0, 0.05) is 5.39 Å². The Morgan fingerprint density at radius 2 is 1.83 bits per heavy atom. The molecule has 2 aromatic heterocycles. The zero-order chi connectivity index (χ0) is 17.3. The first-order valence-corrected chi connectivity index (χ1v) is 8.71. The van der Waals surface area contributed by atoms with Crippen molar-refractivity contribution in [3.63, 3.8) is 0 Å². The van der Waals surface area contributed by atoms with Crippen LogP contribution < -0.4 is 14.0 Å². The van der Waals surface area contributed by atoms with E-state index < -0.39 is 0 Å². The highest BCUT2D eigenvalue weighted by atomic mass is 32.2. The van der Waals surface area contributed by atoms with Crippen molar-refractivity contribution in [2.45, 2.75) is 25.9 Å². The van der Waals surface area contributed by atoms with E-state index in [0.29, 0.717) is 5.75 Å². The second kappa shape index (κ2) is 6.68. The molecule has 0 atom stereocenters. The van der Waals surface area contributed by atoms with Crippen LogP contribution in [-0.4, -0.2) is 35.2 Å². The van der Waals surface area contributed by atoms with Crippen molar-refractivity contribution in [1.82, 2.24) is 15.2 Å². The molecule has 0 aliphatic heterocycles. The summed E-state index contributed by atoms with van der Waals surface area (Å²) in [4.78, 5) is 4.58. The molecule has 0 radical (unpaired) electrons. The SMILES string of the molecule is CCSc1n[nH]c(-[n+]2c(C)cc3cc(OC)c(OC)cc3c2C)n1. The smallest absolute Gasteiger partial charge is 0.423 e. The molecule has 1 aromatic carbocycles. The number of hydrogen-bond donors (Lipinski definition) is 1. The zero-order valence-corrected chi connectivity index (χ0v) is 15.3. The molecule has 6 nitrogen and oxygen atoms in total. The summed E-state index contributed by atoms with van der Waals surface area (Å²) in [5.74, 6) is 3.10. The molecule has 0 bridgehead atoms. The number of nitrogens with zero attached hydrogens (tertiary/aromatic N) is 3. The third kappa shape index (κ3) is 2.80. The molecule has 0 saturated heterocycles. The number of pyridine rings is 1. The molecule has 126 valence electrons. The fourth-order valence-electron chi connectivity index (χ4n) is 2.86. The van der Waals surface area contributed by atoms with Gasteiger partial charge in [-0.25, -0.2) is 4.57 Å². The fourth-order valence-corrected chi connectivity index (χ4v) is 3.38. The first kappa shape index (κ1) is 16.6. The maximum Gasteiger partial charge on any atom is 0.423 e. The molecule has 3 aromatic rings. The Hall–Kier alpha value is -2.28. The number of H-pyrrole nitrogens is 1. The van der Waals surface area contributed by atoms with E-state index in [-0.39, 0.29) is 0 Å². The molecule has 0 unspecified atom stereocenters. The standard InChI is InChI=1S/C17H21N4O2S/c1-6-24-17-18-16(19-20-17)21-10(2)7-12-8-14(22-4)15(23-5)9-13(12)11(21)3/h7-9H,6H2,1-5H3,(H,18,19,20)/q+1. The maximum absolute atomic E-state index is 5.44. The third-order valence-electron chi connectivity index (χ3n) is 3.94. The van der Waals surface area contributed by atoms with E-state index in [1.165, 1.54) is 0 Å². The van der Waals surface area contributed by atoms with Crippen molar-refractivity contribution in [1.29, 1.82) is 0 Å². The maximum atomic E-state index is 5.44. The predicted octanol–water partition coefficient (Wildman–Crippen LogP) is 2.98. The van der Waals surface area contributed by atoms with Crippen LogP contribution in [0.3, 0.4) is 0 Å². The molecule has 0 fully saturated rings. The van der Waals surface area contributed by atoms with Crippen LogP contribution in [0.15, 0.2) is 23.4 Å². The summed E-state index contributed by atoms with van der Waals surface area (Å²) >= 11 is 1.61. The first-order chi connectivity index (χ1) is 11.6. The number of thioether (sulfide) groups is 1. The quantitative estimate of drug-likeness (QED) is 0.569. The monoisotopic (exact) mass is 345 g/mol. The molecule has 0 saturated carbocycles. The van der Waals surface area contributed by atoms with Gasteiger partial charge in [0.25, 0.3) is 5.16 Å². The Kier molecular flexibility index (Phi) is 4.62. The van der Waals surface area contributed by atoms with Crippen molar-refractivity contribution in [2.24, 2.45) is 0 Å². The van der Waals surface area contributed by atoms with Gasteiger partial charge in [-0.3, -0.25) is 0 Å². The topological polar surface area (TPSA) is 63.9 Å². The van der Waals surface area contributed by atoms with Gasteiger partial charge in [-0.2, -0.15) is 0 Å². The Balaban J connectivity index is 2.21. The van der Waals surface area contributed by atoms with Crippen molar-refractivity contribution in [3.8, 4) is 17.4 Å². The number of methoxy groups -OCH3 is 2. The van der Waals surface area contributed by atoms with E-state index in [4.69, 9.17) is 9.47 Å². The number of ether oxygens (including phenoxy) is 2. The lowest BCUT2D eigenvalue weighted by molar-refractivity contribution is -0.615. The summed E-state index contributed by atoms with van der Waals surface area (Å²) in [6, 6.07) is 6.11. The van der Waals surface area contributed by atoms with Gasteiger partial charge in [-0.05, 0) is 48.2 Å². The normalized spacial score (nSPS) is 11.0. The number of hydrogen-bond acceptors (Lipinski definition) is 5. The summed E-state index contributed by atoms with van der Waals surface area (Å²) in [5, 5.41) is 10.2. The minimum atomic E-state index is 0.711. The van der Waals surface area contributed by atoms with Crippen LogP contribution in [0.25, 0.3) is 16.7 Å². The summed E-state index contributed by atoms with van der Waals surface area (Å²) in [5.41, 5.74) is 2.13. The minimum absolute atomic E-state index is 0.711. The van der Waals surface area contributed by atoms with E-state index in [1.54, 1.807) is 26.0 Å². The highest BCUT2D eigenvalue weighted by molar-refractivity contribution is 7.99. The second-order valence-electron chi connectivity index (χ2n) is 5.38. The van der Waals surface area contributed by atoms with Crippen LogP contribution in [0.5, 0.6) is 11.5 Å². The van der Waals surface area contributed by atoms with Gasteiger partial charge in [-0.15, -0.1) is 5.10 Å². The summed E-state index contributed by atoms with van der Waals surface area (Å²) in [6.45, 7) is 6.20. The van der Waals surface area contributed by atoms with Crippen LogP contribution >= 0.6 is 11.8 Å². The van der Waals surface area contributed by atoms with E-state index >= 15 is 0 Å². The summed E-state index contributed by atoms with van der Waals surface area (Å²) in [7, 11) is 3.29. The van der Waals surface area contributed by atoms with Gasteiger partial charge in [-0.1, -0.05) is 23.8 Å². The number of aromatic amines is 1. The van der Waals surface area contributed by atoms with Crippen LogP contribution in [0.2, 0.25) is 0 Å². The molecular formula is C17H21N4O2S+. The molecular weight excluding hydrogens is 324 g/mol. The van der Waals surface area contributed by atoms with E-state index in [9.17, 15) is 0 Å². The Morgan fingerprint density at radius 3 is 2.50 bits per heavy atom. The van der Waals surface area contributed by atoms with Gasteiger partial charge in [0.05, 0.1) is 25.6 Å². The molecule has 0 spiro atoms. The average molecular weight is 345 g/mol. The van der Waals surface area contributed by atoms with Gasteiger partial charge < -0.3 is 9.47 Å². The van der Waals surface area contributed by atoms with Gasteiger partial charge >= 0.3 is 5.95 Å². The molecule has 2 heterocycles. The van der Waals surface area contributed by atoms with Gasteiger partial charge in [0.1, 0.15) is 0 Å². The summed E-state index contributed by atoms with van der Waals surface area (Å²) in [6.07, 6.45) is 0. The molecule has 3 rings (SSSR count). The lowest BCUT2D eigenvalue weighted by Crippen LogP contribution is -2.39. The zero-order valence-electron chi connectivity index (χ0n) is 14.5. The lowest BCUT2D eigenvalue weighted by atomic mass is 10.1. The fraction of sp³-hybridized carbons (Fsp3) is 0.353. The number of benzene rings is 1. The van der Waals surface area contributed by atoms with Crippen molar-refractivity contribution in [2.75, 3.05) is 20.0 Å². The van der Waals surface area contributed by atoms with Gasteiger partial charge in [0.2, 0.25) is 0 Å². The minimum Gasteiger partial charge on any atom is -0.493 e. The predicted molar refractivity (Wildman–Crippen MR) is 94.4 cm³/mol. The van der Waals surface area contributed by atoms with Crippen LogP contribution in [-0.2, 0) is 0 Å². The van der Waals surface area contributed by atoms with Crippen LogP contribution in [0, 0.1) is 13.8 Å². The highest BCUT2D eigenvalue weighted by Crippen LogP contribution is 2.33. The Bertz CT molecular complexity index is 892. The van der Waals surface area contributed by atoms with Crippen LogP contribution in [0.1, 0.15) is 18.3 Å². The molecule has 24 heavy (non-hydrogen) atoms. The second-order valence-corrected chi connectivity index (χ2v) is 6.61. The number of aryl methyl sites for hydroxylation is 2. The van der Waals surface area contributed by atoms with Gasteiger partial charge in [0.15, 0.2) is 11.5 Å². The Labute approximate surface area is 145 Å². The lowest BCUT2D eigenvalue weighted by Gasteiger charge is -2.13. The average Bonchev–Trinajstić information content (AvgIpc) is 3.02. The molecule has 0 amide bonds.